The summed E-state index contributed by atoms with van der Waals surface area (Å²) in [5.41, 5.74) is 1.07. The Morgan fingerprint density at radius 2 is 1.67 bits per heavy atom. The SMILES string of the molecule is C=C(C)[C@H]1CC[C@H]2[C@@H]3C[C@@H](F)[C@H]4C[C@@](C)(O)CC[C@@H]4[C@H]3CC[C@]12C. The standard InChI is InChI=1S/C22H35FO/c1-13(2)18-5-6-19-16-11-20(23)17-12-21(3,24)9-7-15(17)14(16)8-10-22(18,19)4/h14-20,24H,1,5-12H2,2-4H3/t14-,15-,16-,17+,18-,19+,20-,21+,22-/m1/s1. The van der Waals surface area contributed by atoms with Gasteiger partial charge in [0.25, 0.3) is 0 Å². The Hall–Kier alpha value is -0.370. The molecule has 0 radical (unpaired) electrons. The quantitative estimate of drug-likeness (QED) is 0.625. The molecule has 0 saturated heterocycles. The number of allylic oxidation sites excluding steroid dienone is 1. The van der Waals surface area contributed by atoms with E-state index in [1.54, 1.807) is 0 Å². The molecule has 0 unspecified atom stereocenters. The van der Waals surface area contributed by atoms with Crippen molar-refractivity contribution in [3.63, 3.8) is 0 Å². The second-order valence-corrected chi connectivity index (χ2v) is 10.3. The number of alkyl halides is 1. The molecule has 0 spiro atoms. The van der Waals surface area contributed by atoms with E-state index in [1.807, 2.05) is 6.92 Å². The van der Waals surface area contributed by atoms with Gasteiger partial charge in [-0.1, -0.05) is 19.1 Å². The normalized spacial score (nSPS) is 57.0. The van der Waals surface area contributed by atoms with Crippen molar-refractivity contribution in [1.82, 2.24) is 0 Å². The van der Waals surface area contributed by atoms with E-state index in [0.29, 0.717) is 41.4 Å². The third kappa shape index (κ3) is 2.42. The lowest BCUT2D eigenvalue weighted by Crippen LogP contribution is -2.53. The summed E-state index contributed by atoms with van der Waals surface area (Å²) in [6, 6.07) is 0. The Morgan fingerprint density at radius 3 is 2.38 bits per heavy atom. The van der Waals surface area contributed by atoms with Crippen LogP contribution in [-0.4, -0.2) is 16.9 Å². The van der Waals surface area contributed by atoms with Crippen LogP contribution in [0, 0.1) is 40.9 Å². The summed E-state index contributed by atoms with van der Waals surface area (Å²) < 4.78 is 15.1. The van der Waals surface area contributed by atoms with Gasteiger partial charge in [-0.3, -0.25) is 0 Å². The van der Waals surface area contributed by atoms with Crippen LogP contribution in [0.2, 0.25) is 0 Å². The average Bonchev–Trinajstić information content (AvgIpc) is 2.85. The fourth-order valence-corrected chi connectivity index (χ4v) is 7.81. The molecule has 4 rings (SSSR count). The van der Waals surface area contributed by atoms with Gasteiger partial charge >= 0.3 is 0 Å². The number of hydrogen-bond acceptors (Lipinski definition) is 1. The highest BCUT2D eigenvalue weighted by molar-refractivity contribution is 5.14. The van der Waals surface area contributed by atoms with Crippen LogP contribution in [0.4, 0.5) is 4.39 Å². The topological polar surface area (TPSA) is 20.2 Å². The van der Waals surface area contributed by atoms with Crippen LogP contribution in [0.3, 0.4) is 0 Å². The molecule has 0 aromatic rings. The minimum absolute atomic E-state index is 0.109. The van der Waals surface area contributed by atoms with Crippen molar-refractivity contribution in [3.05, 3.63) is 12.2 Å². The molecule has 1 nitrogen and oxygen atoms in total. The van der Waals surface area contributed by atoms with Crippen molar-refractivity contribution in [2.45, 2.75) is 83.9 Å². The lowest BCUT2D eigenvalue weighted by atomic mass is 9.48. The molecule has 4 aliphatic carbocycles. The minimum atomic E-state index is -0.700. The predicted molar refractivity (Wildman–Crippen MR) is 96.3 cm³/mol. The Bertz CT molecular complexity index is 526. The van der Waals surface area contributed by atoms with E-state index in [4.69, 9.17) is 0 Å². The van der Waals surface area contributed by atoms with Gasteiger partial charge in [-0.15, -0.1) is 0 Å². The summed E-state index contributed by atoms with van der Waals surface area (Å²) in [6.45, 7) is 10.9. The van der Waals surface area contributed by atoms with Crippen LogP contribution in [0.1, 0.15) is 72.1 Å². The van der Waals surface area contributed by atoms with Gasteiger partial charge in [0, 0.05) is 0 Å². The molecule has 4 saturated carbocycles. The first-order valence-electron chi connectivity index (χ1n) is 10.2. The van der Waals surface area contributed by atoms with Crippen LogP contribution in [0.15, 0.2) is 12.2 Å². The highest BCUT2D eigenvalue weighted by Crippen LogP contribution is 2.65. The summed E-state index contributed by atoms with van der Waals surface area (Å²) in [5.74, 6) is 3.25. The predicted octanol–water partition coefficient (Wildman–Crippen LogP) is 5.53. The molecular weight excluding hydrogens is 299 g/mol. The van der Waals surface area contributed by atoms with Crippen molar-refractivity contribution < 1.29 is 9.50 Å². The van der Waals surface area contributed by atoms with E-state index in [0.717, 1.165) is 19.3 Å². The average molecular weight is 335 g/mol. The van der Waals surface area contributed by atoms with E-state index in [1.165, 1.54) is 31.3 Å². The summed E-state index contributed by atoms with van der Waals surface area (Å²) >= 11 is 0. The zero-order chi connectivity index (χ0) is 17.3. The van der Waals surface area contributed by atoms with Gasteiger partial charge in [-0.05, 0) is 106 Å². The van der Waals surface area contributed by atoms with Crippen molar-refractivity contribution in [2.75, 3.05) is 0 Å². The molecule has 0 amide bonds. The maximum atomic E-state index is 15.1. The Balaban J connectivity index is 1.60. The van der Waals surface area contributed by atoms with Crippen LogP contribution in [0.5, 0.6) is 0 Å². The number of halogens is 1. The first-order valence-corrected chi connectivity index (χ1v) is 10.2. The van der Waals surface area contributed by atoms with E-state index in [-0.39, 0.29) is 5.92 Å². The highest BCUT2D eigenvalue weighted by atomic mass is 19.1. The maximum Gasteiger partial charge on any atom is 0.104 e. The molecule has 0 heterocycles. The van der Waals surface area contributed by atoms with Crippen LogP contribution in [0.25, 0.3) is 0 Å². The molecule has 1 N–H and O–H groups in total. The molecule has 2 heteroatoms. The van der Waals surface area contributed by atoms with Gasteiger partial charge in [0.1, 0.15) is 6.17 Å². The van der Waals surface area contributed by atoms with Gasteiger partial charge in [-0.25, -0.2) is 4.39 Å². The Kier molecular flexibility index (Phi) is 3.95. The molecule has 136 valence electrons. The van der Waals surface area contributed by atoms with Crippen molar-refractivity contribution in [3.8, 4) is 0 Å². The zero-order valence-electron chi connectivity index (χ0n) is 15.7. The molecule has 4 aliphatic rings. The Labute approximate surface area is 147 Å². The molecule has 0 aliphatic heterocycles. The van der Waals surface area contributed by atoms with E-state index < -0.39 is 11.8 Å². The molecule has 0 bridgehead atoms. The summed E-state index contributed by atoms with van der Waals surface area (Å²) in [4.78, 5) is 0. The monoisotopic (exact) mass is 334 g/mol. The van der Waals surface area contributed by atoms with Gasteiger partial charge < -0.3 is 5.11 Å². The molecule has 9 atom stereocenters. The first kappa shape index (κ1) is 17.1. The van der Waals surface area contributed by atoms with Crippen molar-refractivity contribution >= 4 is 0 Å². The highest BCUT2D eigenvalue weighted by Gasteiger charge is 2.59. The number of rotatable bonds is 1. The molecule has 24 heavy (non-hydrogen) atoms. The molecule has 4 fully saturated rings. The third-order valence-corrected chi connectivity index (χ3v) is 8.84. The van der Waals surface area contributed by atoms with Gasteiger partial charge in [0.05, 0.1) is 5.60 Å². The molecule has 0 aromatic carbocycles. The van der Waals surface area contributed by atoms with Crippen molar-refractivity contribution in [1.29, 1.82) is 0 Å². The van der Waals surface area contributed by atoms with Gasteiger partial charge in [-0.2, -0.15) is 0 Å². The summed E-state index contributed by atoms with van der Waals surface area (Å²) in [5, 5.41) is 10.4. The van der Waals surface area contributed by atoms with Crippen LogP contribution in [-0.2, 0) is 0 Å². The second-order valence-electron chi connectivity index (χ2n) is 10.3. The number of aliphatic hydroxyl groups is 1. The molecule has 0 aromatic heterocycles. The van der Waals surface area contributed by atoms with E-state index in [2.05, 4.69) is 20.4 Å². The number of fused-ring (bicyclic) bond motifs is 5. The maximum absolute atomic E-state index is 15.1. The van der Waals surface area contributed by atoms with E-state index in [9.17, 15) is 5.11 Å². The zero-order valence-corrected chi connectivity index (χ0v) is 15.7. The van der Waals surface area contributed by atoms with Gasteiger partial charge in [0.15, 0.2) is 0 Å². The second kappa shape index (κ2) is 5.56. The minimum Gasteiger partial charge on any atom is -0.390 e. The Morgan fingerprint density at radius 1 is 1.00 bits per heavy atom. The fraction of sp³-hybridized carbons (Fsp3) is 0.909. The smallest absolute Gasteiger partial charge is 0.104 e. The van der Waals surface area contributed by atoms with Crippen molar-refractivity contribution in [2.24, 2.45) is 40.9 Å². The molecular formula is C22H35FO. The van der Waals surface area contributed by atoms with E-state index >= 15 is 4.39 Å². The largest absolute Gasteiger partial charge is 0.390 e. The van der Waals surface area contributed by atoms with Crippen LogP contribution < -0.4 is 0 Å². The van der Waals surface area contributed by atoms with Crippen LogP contribution >= 0.6 is 0 Å². The third-order valence-electron chi connectivity index (χ3n) is 8.84. The lowest BCUT2D eigenvalue weighted by Gasteiger charge is -2.57. The number of hydrogen-bond donors (Lipinski definition) is 1. The lowest BCUT2D eigenvalue weighted by molar-refractivity contribution is -0.125. The fourth-order valence-electron chi connectivity index (χ4n) is 7.81. The summed E-state index contributed by atoms with van der Waals surface area (Å²) in [6.07, 6.45) is 7.74. The summed E-state index contributed by atoms with van der Waals surface area (Å²) in [7, 11) is 0. The van der Waals surface area contributed by atoms with Gasteiger partial charge in [0.2, 0.25) is 0 Å². The first-order chi connectivity index (χ1) is 11.2.